The minimum atomic E-state index is -3.41. The molecule has 0 amide bonds. The molecule has 1 heterocycles. The SMILES string of the molecule is CCN(Cc1ccccc1)S(=O)(=O)NCCC1CCCNC1.Cl. The molecule has 0 aliphatic carbocycles. The molecule has 1 fully saturated rings. The highest BCUT2D eigenvalue weighted by Crippen LogP contribution is 2.14. The normalized spacial score (nSPS) is 18.6. The van der Waals surface area contributed by atoms with Gasteiger partial charge >= 0.3 is 0 Å². The van der Waals surface area contributed by atoms with Gasteiger partial charge in [-0.05, 0) is 43.8 Å². The van der Waals surface area contributed by atoms with Gasteiger partial charge in [0.05, 0.1) is 0 Å². The highest BCUT2D eigenvalue weighted by atomic mass is 35.5. The van der Waals surface area contributed by atoms with Gasteiger partial charge in [-0.1, -0.05) is 37.3 Å². The topological polar surface area (TPSA) is 61.4 Å². The third-order valence-corrected chi connectivity index (χ3v) is 5.77. The molecule has 1 aromatic rings. The van der Waals surface area contributed by atoms with E-state index in [0.29, 0.717) is 25.6 Å². The molecule has 0 bridgehead atoms. The molecule has 23 heavy (non-hydrogen) atoms. The summed E-state index contributed by atoms with van der Waals surface area (Å²) in [6, 6.07) is 9.70. The molecular formula is C16H28ClN3O2S. The van der Waals surface area contributed by atoms with E-state index in [4.69, 9.17) is 0 Å². The van der Waals surface area contributed by atoms with Crippen molar-refractivity contribution in [2.24, 2.45) is 5.92 Å². The number of benzene rings is 1. The summed E-state index contributed by atoms with van der Waals surface area (Å²) in [5, 5.41) is 3.36. The van der Waals surface area contributed by atoms with E-state index >= 15 is 0 Å². The van der Waals surface area contributed by atoms with Crippen molar-refractivity contribution < 1.29 is 8.42 Å². The van der Waals surface area contributed by atoms with Crippen LogP contribution < -0.4 is 10.0 Å². The Labute approximate surface area is 146 Å². The van der Waals surface area contributed by atoms with E-state index in [0.717, 1.165) is 25.1 Å². The molecule has 0 aromatic heterocycles. The summed E-state index contributed by atoms with van der Waals surface area (Å²) >= 11 is 0. The van der Waals surface area contributed by atoms with Gasteiger partial charge in [0.15, 0.2) is 0 Å². The smallest absolute Gasteiger partial charge is 0.279 e. The van der Waals surface area contributed by atoms with Crippen LogP contribution in [-0.2, 0) is 16.8 Å². The fourth-order valence-electron chi connectivity index (χ4n) is 2.81. The lowest BCUT2D eigenvalue weighted by molar-refractivity contribution is 0.354. The number of hydrogen-bond acceptors (Lipinski definition) is 3. The lowest BCUT2D eigenvalue weighted by Crippen LogP contribution is -2.41. The van der Waals surface area contributed by atoms with Crippen LogP contribution in [-0.4, -0.2) is 38.9 Å². The quantitative estimate of drug-likeness (QED) is 0.745. The number of nitrogens with zero attached hydrogens (tertiary/aromatic N) is 1. The summed E-state index contributed by atoms with van der Waals surface area (Å²) in [5.74, 6) is 0.584. The molecule has 0 radical (unpaired) electrons. The summed E-state index contributed by atoms with van der Waals surface area (Å²) in [5.41, 5.74) is 1.01. The van der Waals surface area contributed by atoms with Gasteiger partial charge in [0.1, 0.15) is 0 Å². The highest BCUT2D eigenvalue weighted by molar-refractivity contribution is 7.87. The maximum Gasteiger partial charge on any atom is 0.279 e. The van der Waals surface area contributed by atoms with Gasteiger partial charge in [0, 0.05) is 19.6 Å². The Morgan fingerprint density at radius 1 is 1.30 bits per heavy atom. The Morgan fingerprint density at radius 3 is 2.65 bits per heavy atom. The van der Waals surface area contributed by atoms with Gasteiger partial charge in [-0.15, -0.1) is 12.4 Å². The summed E-state index contributed by atoms with van der Waals surface area (Å²) in [6.45, 7) is 5.35. The Bertz CT molecular complexity index is 534. The Kier molecular flexibility index (Phi) is 9.09. The minimum Gasteiger partial charge on any atom is -0.316 e. The Morgan fingerprint density at radius 2 is 2.04 bits per heavy atom. The lowest BCUT2D eigenvalue weighted by Gasteiger charge is -2.24. The summed E-state index contributed by atoms with van der Waals surface area (Å²) in [4.78, 5) is 0. The monoisotopic (exact) mass is 361 g/mol. The number of piperidine rings is 1. The molecule has 0 saturated carbocycles. The molecule has 1 aromatic carbocycles. The summed E-state index contributed by atoms with van der Waals surface area (Å²) < 4.78 is 29.0. The zero-order valence-electron chi connectivity index (χ0n) is 13.7. The van der Waals surface area contributed by atoms with Crippen molar-refractivity contribution in [1.29, 1.82) is 0 Å². The molecule has 5 nitrogen and oxygen atoms in total. The van der Waals surface area contributed by atoms with Crippen LogP contribution in [0.25, 0.3) is 0 Å². The maximum absolute atomic E-state index is 12.4. The first-order chi connectivity index (χ1) is 10.6. The third kappa shape index (κ3) is 6.77. The molecule has 7 heteroatoms. The predicted octanol–water partition coefficient (Wildman–Crippen LogP) is 2.15. The number of halogens is 1. The lowest BCUT2D eigenvalue weighted by atomic mass is 9.96. The van der Waals surface area contributed by atoms with E-state index in [-0.39, 0.29) is 12.4 Å². The summed E-state index contributed by atoms with van der Waals surface area (Å²) in [7, 11) is -3.41. The van der Waals surface area contributed by atoms with E-state index in [1.807, 2.05) is 37.3 Å². The van der Waals surface area contributed by atoms with Crippen LogP contribution in [0, 0.1) is 5.92 Å². The van der Waals surface area contributed by atoms with Gasteiger partial charge in [-0.3, -0.25) is 0 Å². The second kappa shape index (κ2) is 10.3. The molecule has 1 aliphatic heterocycles. The molecule has 2 N–H and O–H groups in total. The molecule has 132 valence electrons. The zero-order chi connectivity index (χ0) is 15.8. The van der Waals surface area contributed by atoms with Crippen molar-refractivity contribution in [3.63, 3.8) is 0 Å². The van der Waals surface area contributed by atoms with E-state index in [2.05, 4.69) is 10.0 Å². The van der Waals surface area contributed by atoms with E-state index < -0.39 is 10.2 Å². The van der Waals surface area contributed by atoms with Gasteiger partial charge < -0.3 is 5.32 Å². The van der Waals surface area contributed by atoms with Crippen molar-refractivity contribution in [3.05, 3.63) is 35.9 Å². The van der Waals surface area contributed by atoms with Gasteiger partial charge in [0.25, 0.3) is 10.2 Å². The third-order valence-electron chi connectivity index (χ3n) is 4.13. The van der Waals surface area contributed by atoms with Crippen LogP contribution >= 0.6 is 12.4 Å². The average Bonchev–Trinajstić information content (AvgIpc) is 2.54. The van der Waals surface area contributed by atoms with Crippen LogP contribution in [0.15, 0.2) is 30.3 Å². The number of rotatable bonds is 8. The van der Waals surface area contributed by atoms with Crippen molar-refractivity contribution in [1.82, 2.24) is 14.3 Å². The first-order valence-electron chi connectivity index (χ1n) is 8.11. The zero-order valence-corrected chi connectivity index (χ0v) is 15.3. The first kappa shape index (κ1) is 20.4. The predicted molar refractivity (Wildman–Crippen MR) is 96.9 cm³/mol. The van der Waals surface area contributed by atoms with Gasteiger partial charge in [0.2, 0.25) is 0 Å². The Hall–Kier alpha value is -0.660. The molecule has 1 saturated heterocycles. The Balaban J connectivity index is 0.00000264. The standard InChI is InChI=1S/C16H27N3O2S.ClH/c1-2-19(14-16-7-4-3-5-8-16)22(20,21)18-12-10-15-9-6-11-17-13-15;/h3-5,7-8,15,17-18H,2,6,9-14H2,1H3;1H. The van der Waals surface area contributed by atoms with Crippen molar-refractivity contribution in [2.75, 3.05) is 26.2 Å². The van der Waals surface area contributed by atoms with E-state index in [1.54, 1.807) is 0 Å². The van der Waals surface area contributed by atoms with Crippen LogP contribution in [0.3, 0.4) is 0 Å². The maximum atomic E-state index is 12.4. The fraction of sp³-hybridized carbons (Fsp3) is 0.625. The number of hydrogen-bond donors (Lipinski definition) is 2. The number of nitrogens with one attached hydrogen (secondary N) is 2. The molecule has 0 spiro atoms. The molecule has 1 atom stereocenters. The minimum absolute atomic E-state index is 0. The van der Waals surface area contributed by atoms with Crippen LogP contribution in [0.5, 0.6) is 0 Å². The van der Waals surface area contributed by atoms with Crippen molar-refractivity contribution >= 4 is 22.6 Å². The molecular weight excluding hydrogens is 334 g/mol. The summed E-state index contributed by atoms with van der Waals surface area (Å²) in [6.07, 6.45) is 3.28. The van der Waals surface area contributed by atoms with E-state index in [9.17, 15) is 8.42 Å². The van der Waals surface area contributed by atoms with Crippen molar-refractivity contribution in [2.45, 2.75) is 32.7 Å². The van der Waals surface area contributed by atoms with Crippen LogP contribution in [0.1, 0.15) is 31.7 Å². The second-order valence-electron chi connectivity index (χ2n) is 5.81. The van der Waals surface area contributed by atoms with Gasteiger partial charge in [-0.2, -0.15) is 12.7 Å². The van der Waals surface area contributed by atoms with Gasteiger partial charge in [-0.25, -0.2) is 4.72 Å². The second-order valence-corrected chi connectivity index (χ2v) is 7.57. The largest absolute Gasteiger partial charge is 0.316 e. The van der Waals surface area contributed by atoms with Crippen LogP contribution in [0.2, 0.25) is 0 Å². The highest BCUT2D eigenvalue weighted by Gasteiger charge is 2.21. The average molecular weight is 362 g/mol. The van der Waals surface area contributed by atoms with E-state index in [1.165, 1.54) is 17.1 Å². The molecule has 1 aliphatic rings. The fourth-order valence-corrected chi connectivity index (χ4v) is 4.02. The van der Waals surface area contributed by atoms with Crippen molar-refractivity contribution in [3.8, 4) is 0 Å². The molecule has 1 unspecified atom stereocenters. The van der Waals surface area contributed by atoms with Crippen LogP contribution in [0.4, 0.5) is 0 Å². The molecule has 2 rings (SSSR count). The first-order valence-corrected chi connectivity index (χ1v) is 9.55.